The van der Waals surface area contributed by atoms with E-state index >= 15 is 0 Å². The Morgan fingerprint density at radius 1 is 1.04 bits per heavy atom. The third-order valence-electron chi connectivity index (χ3n) is 4.25. The molecule has 0 spiro atoms. The van der Waals surface area contributed by atoms with Crippen molar-refractivity contribution in [2.24, 2.45) is 0 Å². The Balaban J connectivity index is 1.92. The average molecular weight is 348 g/mol. The van der Waals surface area contributed by atoms with Gasteiger partial charge >= 0.3 is 5.97 Å². The van der Waals surface area contributed by atoms with Crippen molar-refractivity contribution in [1.82, 2.24) is 9.97 Å². The predicted octanol–water partition coefficient (Wildman–Crippen LogP) is 3.16. The first kappa shape index (κ1) is 17.4. The lowest BCUT2D eigenvalue weighted by Crippen LogP contribution is -2.09. The van der Waals surface area contributed by atoms with E-state index in [1.54, 1.807) is 24.3 Å². The summed E-state index contributed by atoms with van der Waals surface area (Å²) in [6.45, 7) is 2.01. The molecule has 1 heterocycles. The summed E-state index contributed by atoms with van der Waals surface area (Å²) in [6.07, 6.45) is 1.33. The van der Waals surface area contributed by atoms with E-state index in [2.05, 4.69) is 16.0 Å². The fourth-order valence-corrected chi connectivity index (χ4v) is 2.92. The Bertz CT molecular complexity index is 953. The Kier molecular flexibility index (Phi) is 4.84. The highest BCUT2D eigenvalue weighted by Gasteiger charge is 2.11. The molecule has 0 aliphatic heterocycles. The summed E-state index contributed by atoms with van der Waals surface area (Å²) in [4.78, 5) is 19.4. The van der Waals surface area contributed by atoms with E-state index in [0.29, 0.717) is 12.2 Å². The largest absolute Gasteiger partial charge is 0.478 e. The van der Waals surface area contributed by atoms with E-state index in [-0.39, 0.29) is 11.5 Å². The van der Waals surface area contributed by atoms with Crippen molar-refractivity contribution in [3.8, 4) is 11.1 Å². The van der Waals surface area contributed by atoms with E-state index in [1.165, 1.54) is 0 Å². The summed E-state index contributed by atoms with van der Waals surface area (Å²) in [7, 11) is 0. The first-order valence-corrected chi connectivity index (χ1v) is 8.31. The van der Waals surface area contributed by atoms with Crippen LogP contribution in [0.4, 0.5) is 11.8 Å². The number of hydrogen-bond acceptors (Lipinski definition) is 5. The summed E-state index contributed by atoms with van der Waals surface area (Å²) < 4.78 is 0. The fourth-order valence-electron chi connectivity index (χ4n) is 2.92. The molecule has 0 saturated carbocycles. The number of nitrogens with two attached hydrogens (primary N) is 2. The van der Waals surface area contributed by atoms with Crippen LogP contribution in [0.1, 0.15) is 34.1 Å². The number of nitrogens with zero attached hydrogens (tertiary/aromatic N) is 2. The van der Waals surface area contributed by atoms with E-state index in [1.807, 2.05) is 25.1 Å². The molecule has 3 aromatic rings. The minimum Gasteiger partial charge on any atom is -0.478 e. The highest BCUT2D eigenvalue weighted by molar-refractivity contribution is 5.88. The summed E-state index contributed by atoms with van der Waals surface area (Å²) in [5.74, 6) is -0.336. The van der Waals surface area contributed by atoms with Gasteiger partial charge in [0.15, 0.2) is 0 Å². The minimum absolute atomic E-state index is 0.190. The van der Waals surface area contributed by atoms with E-state index in [0.717, 1.165) is 34.4 Å². The second kappa shape index (κ2) is 7.23. The molecule has 0 saturated heterocycles. The molecule has 2 aromatic carbocycles. The molecule has 0 fully saturated rings. The zero-order valence-corrected chi connectivity index (χ0v) is 14.4. The lowest BCUT2D eigenvalue weighted by molar-refractivity contribution is 0.0697. The number of nitrogen functional groups attached to an aromatic ring is 2. The quantitative estimate of drug-likeness (QED) is 0.652. The van der Waals surface area contributed by atoms with Crippen molar-refractivity contribution in [1.29, 1.82) is 0 Å². The van der Waals surface area contributed by atoms with Crippen molar-refractivity contribution < 1.29 is 9.90 Å². The Hall–Kier alpha value is -3.41. The van der Waals surface area contributed by atoms with Gasteiger partial charge in [0.1, 0.15) is 5.82 Å². The molecule has 0 atom stereocenters. The van der Waals surface area contributed by atoms with Gasteiger partial charge in [0.05, 0.1) is 11.3 Å². The van der Waals surface area contributed by atoms with Gasteiger partial charge in [-0.1, -0.05) is 43.3 Å². The van der Waals surface area contributed by atoms with Crippen LogP contribution in [-0.4, -0.2) is 21.0 Å². The third-order valence-corrected chi connectivity index (χ3v) is 4.25. The van der Waals surface area contributed by atoms with Crippen LogP contribution in [-0.2, 0) is 12.8 Å². The van der Waals surface area contributed by atoms with Crippen LogP contribution < -0.4 is 11.5 Å². The molecule has 0 radical (unpaired) electrons. The molecule has 1 aromatic heterocycles. The standard InChI is InChI=1S/C20H20N4O2/c1-2-17-16(18(21)24-20(22)23-17)11-12-4-3-5-15(10-12)13-6-8-14(9-7-13)19(25)26/h3-10H,2,11H2,1H3,(H,25,26)(H4,21,22,23,24). The van der Waals surface area contributed by atoms with Crippen molar-refractivity contribution in [2.75, 3.05) is 11.5 Å². The van der Waals surface area contributed by atoms with Gasteiger partial charge in [-0.15, -0.1) is 0 Å². The molecule has 0 bridgehead atoms. The molecule has 6 nitrogen and oxygen atoms in total. The first-order chi connectivity index (χ1) is 12.5. The van der Waals surface area contributed by atoms with E-state index in [9.17, 15) is 4.79 Å². The fraction of sp³-hybridized carbons (Fsp3) is 0.150. The van der Waals surface area contributed by atoms with Crippen LogP contribution in [0.5, 0.6) is 0 Å². The van der Waals surface area contributed by atoms with Gasteiger partial charge in [-0.05, 0) is 35.2 Å². The molecule has 26 heavy (non-hydrogen) atoms. The number of aromatic nitrogens is 2. The molecule has 0 aliphatic rings. The lowest BCUT2D eigenvalue weighted by atomic mass is 9.97. The van der Waals surface area contributed by atoms with Crippen LogP contribution in [0.2, 0.25) is 0 Å². The van der Waals surface area contributed by atoms with Crippen molar-refractivity contribution >= 4 is 17.7 Å². The van der Waals surface area contributed by atoms with Crippen LogP contribution in [0, 0.1) is 0 Å². The topological polar surface area (TPSA) is 115 Å². The molecular formula is C20H20N4O2. The number of rotatable bonds is 5. The SMILES string of the molecule is CCc1nc(N)nc(N)c1Cc1cccc(-c2ccc(C(=O)O)cc2)c1. The molecule has 3 rings (SSSR count). The highest BCUT2D eigenvalue weighted by Crippen LogP contribution is 2.25. The molecule has 132 valence electrons. The van der Waals surface area contributed by atoms with Crippen LogP contribution >= 0.6 is 0 Å². The smallest absolute Gasteiger partial charge is 0.335 e. The molecular weight excluding hydrogens is 328 g/mol. The predicted molar refractivity (Wildman–Crippen MR) is 102 cm³/mol. The van der Waals surface area contributed by atoms with E-state index in [4.69, 9.17) is 16.6 Å². The van der Waals surface area contributed by atoms with Crippen LogP contribution in [0.15, 0.2) is 48.5 Å². The second-order valence-electron chi connectivity index (χ2n) is 6.01. The maximum Gasteiger partial charge on any atom is 0.335 e. The normalized spacial score (nSPS) is 10.7. The number of aryl methyl sites for hydroxylation is 1. The monoisotopic (exact) mass is 348 g/mol. The number of benzene rings is 2. The first-order valence-electron chi connectivity index (χ1n) is 8.31. The average Bonchev–Trinajstić information content (AvgIpc) is 2.64. The van der Waals surface area contributed by atoms with Gasteiger partial charge in [0, 0.05) is 12.0 Å². The van der Waals surface area contributed by atoms with Gasteiger partial charge in [0.2, 0.25) is 5.95 Å². The van der Waals surface area contributed by atoms with Gasteiger partial charge in [0.25, 0.3) is 0 Å². The summed E-state index contributed by atoms with van der Waals surface area (Å²) in [5.41, 5.74) is 16.8. The molecule has 0 unspecified atom stereocenters. The van der Waals surface area contributed by atoms with Gasteiger partial charge in [-0.2, -0.15) is 4.98 Å². The van der Waals surface area contributed by atoms with Crippen LogP contribution in [0.25, 0.3) is 11.1 Å². The summed E-state index contributed by atoms with van der Waals surface area (Å²) in [5, 5.41) is 9.02. The second-order valence-corrected chi connectivity index (χ2v) is 6.01. The van der Waals surface area contributed by atoms with E-state index < -0.39 is 5.97 Å². The third kappa shape index (κ3) is 3.64. The summed E-state index contributed by atoms with van der Waals surface area (Å²) >= 11 is 0. The van der Waals surface area contributed by atoms with Gasteiger partial charge < -0.3 is 16.6 Å². The van der Waals surface area contributed by atoms with Crippen molar-refractivity contribution in [3.05, 3.63) is 70.9 Å². The molecule has 5 N–H and O–H groups in total. The van der Waals surface area contributed by atoms with Gasteiger partial charge in [-0.25, -0.2) is 9.78 Å². The van der Waals surface area contributed by atoms with Crippen molar-refractivity contribution in [2.45, 2.75) is 19.8 Å². The summed E-state index contributed by atoms with van der Waals surface area (Å²) in [6, 6.07) is 14.9. The zero-order valence-electron chi connectivity index (χ0n) is 14.4. The maximum absolute atomic E-state index is 11.0. The highest BCUT2D eigenvalue weighted by atomic mass is 16.4. The maximum atomic E-state index is 11.0. The number of aromatic carboxylic acids is 1. The van der Waals surface area contributed by atoms with Crippen molar-refractivity contribution in [3.63, 3.8) is 0 Å². The molecule has 0 amide bonds. The number of carboxylic acid groups (broad SMARTS) is 1. The number of hydrogen-bond donors (Lipinski definition) is 3. The number of anilines is 2. The molecule has 6 heteroatoms. The number of carbonyl (C=O) groups is 1. The molecule has 0 aliphatic carbocycles. The van der Waals surface area contributed by atoms with Crippen LogP contribution in [0.3, 0.4) is 0 Å². The lowest BCUT2D eigenvalue weighted by Gasteiger charge is -2.12. The Labute approximate surface area is 151 Å². The zero-order chi connectivity index (χ0) is 18.7. The Morgan fingerprint density at radius 2 is 1.77 bits per heavy atom. The van der Waals surface area contributed by atoms with Gasteiger partial charge in [-0.3, -0.25) is 0 Å². The Morgan fingerprint density at radius 3 is 2.42 bits per heavy atom. The number of carboxylic acids is 1. The minimum atomic E-state index is -0.934.